The van der Waals surface area contributed by atoms with Gasteiger partial charge in [-0.25, -0.2) is 4.39 Å². The van der Waals surface area contributed by atoms with Crippen molar-refractivity contribution < 1.29 is 13.9 Å². The molecule has 27 heavy (non-hydrogen) atoms. The smallest absolute Gasteiger partial charge is 0.300 e. The molecule has 1 aromatic carbocycles. The first-order chi connectivity index (χ1) is 12.9. The minimum atomic E-state index is -0.408. The third-order valence-electron chi connectivity index (χ3n) is 4.14. The summed E-state index contributed by atoms with van der Waals surface area (Å²) in [5, 5.41) is 4.36. The SMILES string of the molecule is CCOCCn1c(=NC(=O)c2cc(C)n(C(C)C)n2)sc2cc(F)ccc21. The highest BCUT2D eigenvalue weighted by Gasteiger charge is 2.15. The molecule has 0 unspecified atom stereocenters. The number of rotatable bonds is 6. The Bertz CT molecular complexity index is 1030. The van der Waals surface area contributed by atoms with E-state index in [9.17, 15) is 9.18 Å². The predicted molar refractivity (Wildman–Crippen MR) is 104 cm³/mol. The average molecular weight is 390 g/mol. The van der Waals surface area contributed by atoms with Gasteiger partial charge in [-0.2, -0.15) is 10.1 Å². The van der Waals surface area contributed by atoms with Crippen LogP contribution in [0.3, 0.4) is 0 Å². The molecule has 0 saturated carbocycles. The molecule has 0 aliphatic carbocycles. The van der Waals surface area contributed by atoms with E-state index in [4.69, 9.17) is 4.74 Å². The van der Waals surface area contributed by atoms with Gasteiger partial charge >= 0.3 is 0 Å². The summed E-state index contributed by atoms with van der Waals surface area (Å²) >= 11 is 1.28. The van der Waals surface area contributed by atoms with E-state index in [1.807, 2.05) is 32.3 Å². The van der Waals surface area contributed by atoms with Crippen LogP contribution in [-0.4, -0.2) is 33.5 Å². The van der Waals surface area contributed by atoms with Gasteiger partial charge in [0.25, 0.3) is 5.91 Å². The summed E-state index contributed by atoms with van der Waals surface area (Å²) in [5.74, 6) is -0.723. The van der Waals surface area contributed by atoms with Crippen LogP contribution in [0.4, 0.5) is 4.39 Å². The van der Waals surface area contributed by atoms with E-state index < -0.39 is 5.91 Å². The molecule has 2 heterocycles. The molecule has 0 aliphatic rings. The summed E-state index contributed by atoms with van der Waals surface area (Å²) in [4.78, 5) is 17.5. The number of fused-ring (bicyclic) bond motifs is 1. The van der Waals surface area contributed by atoms with Crippen molar-refractivity contribution >= 4 is 27.5 Å². The van der Waals surface area contributed by atoms with Gasteiger partial charge < -0.3 is 9.30 Å². The van der Waals surface area contributed by atoms with E-state index in [2.05, 4.69) is 10.1 Å². The Morgan fingerprint density at radius 2 is 2.15 bits per heavy atom. The molecule has 0 spiro atoms. The molecule has 6 nitrogen and oxygen atoms in total. The lowest BCUT2D eigenvalue weighted by atomic mass is 10.3. The molecule has 0 fully saturated rings. The summed E-state index contributed by atoms with van der Waals surface area (Å²) in [6.45, 7) is 9.48. The Hall–Kier alpha value is -2.32. The van der Waals surface area contributed by atoms with Gasteiger partial charge in [0.05, 0.1) is 16.8 Å². The highest BCUT2D eigenvalue weighted by atomic mass is 32.1. The molecule has 0 atom stereocenters. The summed E-state index contributed by atoms with van der Waals surface area (Å²) in [5.41, 5.74) is 2.05. The molecule has 0 aliphatic heterocycles. The topological polar surface area (TPSA) is 61.4 Å². The second-order valence-electron chi connectivity index (χ2n) is 6.47. The highest BCUT2D eigenvalue weighted by molar-refractivity contribution is 7.16. The number of hydrogen-bond donors (Lipinski definition) is 0. The van der Waals surface area contributed by atoms with Crippen molar-refractivity contribution in [1.82, 2.24) is 14.3 Å². The van der Waals surface area contributed by atoms with Gasteiger partial charge in [0, 0.05) is 24.9 Å². The van der Waals surface area contributed by atoms with Crippen molar-refractivity contribution in [2.24, 2.45) is 4.99 Å². The highest BCUT2D eigenvalue weighted by Crippen LogP contribution is 2.19. The number of aryl methyl sites for hydroxylation is 1. The summed E-state index contributed by atoms with van der Waals surface area (Å²) in [6, 6.07) is 6.47. The fraction of sp³-hybridized carbons (Fsp3) is 0.421. The van der Waals surface area contributed by atoms with Crippen molar-refractivity contribution in [3.05, 3.63) is 46.3 Å². The molecular weight excluding hydrogens is 367 g/mol. The second-order valence-corrected chi connectivity index (χ2v) is 7.48. The first-order valence-electron chi connectivity index (χ1n) is 8.92. The standard InChI is InChI=1S/C19H23FN4O2S/c1-5-26-9-8-23-16-7-6-14(20)11-17(16)27-19(23)21-18(25)15-10-13(4)24(22-15)12(2)3/h6-7,10-12H,5,8-9H2,1-4H3. The number of thiazole rings is 1. The maximum atomic E-state index is 13.6. The van der Waals surface area contributed by atoms with Crippen molar-refractivity contribution in [2.75, 3.05) is 13.2 Å². The molecule has 3 aromatic rings. The van der Waals surface area contributed by atoms with E-state index in [1.165, 1.54) is 23.5 Å². The second kappa shape index (κ2) is 8.14. The minimum Gasteiger partial charge on any atom is -0.380 e. The Morgan fingerprint density at radius 3 is 2.81 bits per heavy atom. The minimum absolute atomic E-state index is 0.162. The molecular formula is C19H23FN4O2S. The quantitative estimate of drug-likeness (QED) is 0.603. The Balaban J connectivity index is 2.04. The number of benzene rings is 1. The molecule has 0 bridgehead atoms. The van der Waals surface area contributed by atoms with E-state index in [0.717, 1.165) is 15.9 Å². The number of aromatic nitrogens is 3. The number of amides is 1. The number of halogens is 1. The van der Waals surface area contributed by atoms with Crippen molar-refractivity contribution in [1.29, 1.82) is 0 Å². The lowest BCUT2D eigenvalue weighted by Crippen LogP contribution is -2.20. The zero-order chi connectivity index (χ0) is 19.6. The van der Waals surface area contributed by atoms with E-state index in [0.29, 0.717) is 30.3 Å². The van der Waals surface area contributed by atoms with Crippen LogP contribution in [0, 0.1) is 12.7 Å². The van der Waals surface area contributed by atoms with Crippen LogP contribution in [0.2, 0.25) is 0 Å². The van der Waals surface area contributed by atoms with E-state index in [1.54, 1.807) is 16.8 Å². The third-order valence-corrected chi connectivity index (χ3v) is 5.18. The fourth-order valence-corrected chi connectivity index (χ4v) is 3.99. The maximum Gasteiger partial charge on any atom is 0.300 e. The van der Waals surface area contributed by atoms with Crippen LogP contribution in [0.25, 0.3) is 10.2 Å². The number of carbonyl (C=O) groups excluding carboxylic acids is 1. The van der Waals surface area contributed by atoms with Crippen molar-refractivity contribution in [2.45, 2.75) is 40.3 Å². The molecule has 0 N–H and O–H groups in total. The Labute approximate surface area is 160 Å². The Morgan fingerprint density at radius 1 is 1.37 bits per heavy atom. The zero-order valence-corrected chi connectivity index (χ0v) is 16.7. The average Bonchev–Trinajstić information content (AvgIpc) is 3.16. The number of carbonyl (C=O) groups is 1. The summed E-state index contributed by atoms with van der Waals surface area (Å²) in [7, 11) is 0. The van der Waals surface area contributed by atoms with Crippen molar-refractivity contribution in [3.63, 3.8) is 0 Å². The number of hydrogen-bond acceptors (Lipinski definition) is 4. The normalized spacial score (nSPS) is 12.4. The lowest BCUT2D eigenvalue weighted by Gasteiger charge is -2.06. The first kappa shape index (κ1) is 19.4. The van der Waals surface area contributed by atoms with Gasteiger partial charge in [-0.3, -0.25) is 9.48 Å². The number of ether oxygens (including phenoxy) is 1. The maximum absolute atomic E-state index is 13.6. The zero-order valence-electron chi connectivity index (χ0n) is 15.9. The fourth-order valence-electron chi connectivity index (χ4n) is 2.91. The largest absolute Gasteiger partial charge is 0.380 e. The molecule has 3 rings (SSSR count). The summed E-state index contributed by atoms with van der Waals surface area (Å²) < 4.78 is 23.5. The monoisotopic (exact) mass is 390 g/mol. The molecule has 8 heteroatoms. The predicted octanol–water partition coefficient (Wildman–Crippen LogP) is 3.71. The molecule has 0 radical (unpaired) electrons. The summed E-state index contributed by atoms with van der Waals surface area (Å²) in [6.07, 6.45) is 0. The van der Waals surface area contributed by atoms with Crippen LogP contribution in [-0.2, 0) is 11.3 Å². The van der Waals surface area contributed by atoms with Crippen LogP contribution < -0.4 is 4.80 Å². The van der Waals surface area contributed by atoms with Gasteiger partial charge in [0.15, 0.2) is 10.5 Å². The molecule has 0 saturated heterocycles. The van der Waals surface area contributed by atoms with Crippen LogP contribution in [0.5, 0.6) is 0 Å². The lowest BCUT2D eigenvalue weighted by molar-refractivity contribution is 0.0991. The van der Waals surface area contributed by atoms with Crippen LogP contribution in [0.1, 0.15) is 43.0 Å². The molecule has 2 aromatic heterocycles. The van der Waals surface area contributed by atoms with Gasteiger partial charge in [-0.05, 0) is 52.0 Å². The van der Waals surface area contributed by atoms with Crippen molar-refractivity contribution in [3.8, 4) is 0 Å². The Kier molecular flexibility index (Phi) is 5.86. The van der Waals surface area contributed by atoms with E-state index in [-0.39, 0.29) is 11.9 Å². The van der Waals surface area contributed by atoms with Crippen LogP contribution in [0.15, 0.2) is 29.3 Å². The van der Waals surface area contributed by atoms with E-state index >= 15 is 0 Å². The van der Waals surface area contributed by atoms with Gasteiger partial charge in [0.1, 0.15) is 5.82 Å². The molecule has 1 amide bonds. The molecule has 144 valence electrons. The van der Waals surface area contributed by atoms with Gasteiger partial charge in [0.2, 0.25) is 0 Å². The number of nitrogens with zero attached hydrogens (tertiary/aromatic N) is 4. The van der Waals surface area contributed by atoms with Crippen LogP contribution >= 0.6 is 11.3 Å². The first-order valence-corrected chi connectivity index (χ1v) is 9.74. The van der Waals surface area contributed by atoms with Gasteiger partial charge in [-0.15, -0.1) is 0 Å². The third kappa shape index (κ3) is 4.17. The van der Waals surface area contributed by atoms with Gasteiger partial charge in [-0.1, -0.05) is 11.3 Å².